The summed E-state index contributed by atoms with van der Waals surface area (Å²) in [6.45, 7) is 3.46. The number of aryl methyl sites for hydroxylation is 1. The van der Waals surface area contributed by atoms with Crippen LogP contribution in [0.3, 0.4) is 0 Å². The van der Waals surface area contributed by atoms with Gasteiger partial charge < -0.3 is 15.5 Å². The Morgan fingerprint density at radius 1 is 1.00 bits per heavy atom. The van der Waals surface area contributed by atoms with Crippen molar-refractivity contribution in [3.8, 4) is 0 Å². The number of benzene rings is 1. The molecular weight excluding hydrogens is 314 g/mol. The molecule has 2 N–H and O–H groups in total. The Morgan fingerprint density at radius 2 is 1.64 bits per heavy atom. The minimum absolute atomic E-state index is 0.0663. The number of urea groups is 1. The molecule has 0 spiro atoms. The molecule has 1 aromatic carbocycles. The molecule has 1 aliphatic carbocycles. The molecule has 0 aromatic heterocycles. The van der Waals surface area contributed by atoms with Crippen molar-refractivity contribution in [2.75, 3.05) is 13.1 Å². The van der Waals surface area contributed by atoms with Gasteiger partial charge in [0.2, 0.25) is 5.91 Å². The van der Waals surface area contributed by atoms with Crippen molar-refractivity contribution < 1.29 is 9.59 Å². The third kappa shape index (κ3) is 4.97. The Morgan fingerprint density at radius 3 is 2.32 bits per heavy atom. The molecule has 3 rings (SSSR count). The standard InChI is InChI=1S/C20H29N3O2/c1-15-6-2-3-7-16(15)14-19(24)21-18-10-12-23(13-11-18)20(25)22-17-8-4-5-9-17/h2-3,6-7,17-18H,4-5,8-14H2,1H3,(H,21,24)(H,22,25). The molecule has 0 atom stereocenters. The van der Waals surface area contributed by atoms with Gasteiger partial charge in [-0.2, -0.15) is 0 Å². The number of amides is 3. The summed E-state index contributed by atoms with van der Waals surface area (Å²) in [7, 11) is 0. The maximum Gasteiger partial charge on any atom is 0.317 e. The maximum absolute atomic E-state index is 12.3. The van der Waals surface area contributed by atoms with Crippen molar-refractivity contribution >= 4 is 11.9 Å². The predicted molar refractivity (Wildman–Crippen MR) is 98.4 cm³/mol. The highest BCUT2D eigenvalue weighted by Gasteiger charge is 2.26. The number of hydrogen-bond acceptors (Lipinski definition) is 2. The van der Waals surface area contributed by atoms with E-state index < -0.39 is 0 Å². The SMILES string of the molecule is Cc1ccccc1CC(=O)NC1CCN(C(=O)NC2CCCC2)CC1. The summed E-state index contributed by atoms with van der Waals surface area (Å²) in [5.74, 6) is 0.0724. The highest BCUT2D eigenvalue weighted by atomic mass is 16.2. The molecule has 25 heavy (non-hydrogen) atoms. The zero-order valence-electron chi connectivity index (χ0n) is 15.1. The average molecular weight is 343 g/mol. The lowest BCUT2D eigenvalue weighted by atomic mass is 10.0. The molecule has 136 valence electrons. The quantitative estimate of drug-likeness (QED) is 0.883. The van der Waals surface area contributed by atoms with Crippen LogP contribution >= 0.6 is 0 Å². The predicted octanol–water partition coefficient (Wildman–Crippen LogP) is 2.77. The number of piperidine rings is 1. The summed E-state index contributed by atoms with van der Waals surface area (Å²) in [5, 5.41) is 6.27. The van der Waals surface area contributed by atoms with Gasteiger partial charge in [0, 0.05) is 25.2 Å². The molecule has 1 saturated carbocycles. The van der Waals surface area contributed by atoms with E-state index in [9.17, 15) is 9.59 Å². The fourth-order valence-corrected chi connectivity index (χ4v) is 3.82. The van der Waals surface area contributed by atoms with Gasteiger partial charge in [-0.05, 0) is 43.7 Å². The molecule has 1 saturated heterocycles. The second kappa shape index (κ2) is 8.37. The molecule has 0 radical (unpaired) electrons. The van der Waals surface area contributed by atoms with Gasteiger partial charge >= 0.3 is 6.03 Å². The molecule has 3 amide bonds. The van der Waals surface area contributed by atoms with Gasteiger partial charge in [-0.1, -0.05) is 37.1 Å². The number of likely N-dealkylation sites (tertiary alicyclic amines) is 1. The summed E-state index contributed by atoms with van der Waals surface area (Å²) < 4.78 is 0. The van der Waals surface area contributed by atoms with Crippen LogP contribution in [0.5, 0.6) is 0 Å². The lowest BCUT2D eigenvalue weighted by Crippen LogP contribution is -2.51. The third-order valence-electron chi connectivity index (χ3n) is 5.44. The lowest BCUT2D eigenvalue weighted by molar-refractivity contribution is -0.121. The van der Waals surface area contributed by atoms with E-state index in [2.05, 4.69) is 10.6 Å². The van der Waals surface area contributed by atoms with Crippen molar-refractivity contribution in [1.82, 2.24) is 15.5 Å². The zero-order valence-corrected chi connectivity index (χ0v) is 15.1. The molecule has 0 unspecified atom stereocenters. The van der Waals surface area contributed by atoms with Crippen LogP contribution in [0.25, 0.3) is 0 Å². The molecule has 5 heteroatoms. The lowest BCUT2D eigenvalue weighted by Gasteiger charge is -2.33. The van der Waals surface area contributed by atoms with Gasteiger partial charge in [0.05, 0.1) is 6.42 Å². The number of carbonyl (C=O) groups is 2. The Balaban J connectivity index is 1.40. The molecule has 1 aliphatic heterocycles. The fourth-order valence-electron chi connectivity index (χ4n) is 3.82. The summed E-state index contributed by atoms with van der Waals surface area (Å²) in [6, 6.07) is 8.59. The van der Waals surface area contributed by atoms with Crippen LogP contribution in [0.15, 0.2) is 24.3 Å². The van der Waals surface area contributed by atoms with Crippen LogP contribution in [0.4, 0.5) is 4.79 Å². The largest absolute Gasteiger partial charge is 0.353 e. The number of nitrogens with zero attached hydrogens (tertiary/aromatic N) is 1. The topological polar surface area (TPSA) is 61.4 Å². The second-order valence-corrected chi connectivity index (χ2v) is 7.36. The number of rotatable bonds is 4. The molecule has 1 heterocycles. The third-order valence-corrected chi connectivity index (χ3v) is 5.44. The molecule has 5 nitrogen and oxygen atoms in total. The van der Waals surface area contributed by atoms with Gasteiger partial charge in [0.15, 0.2) is 0 Å². The Labute approximate surface area is 150 Å². The Bertz CT molecular complexity index is 603. The van der Waals surface area contributed by atoms with Crippen molar-refractivity contribution in [3.63, 3.8) is 0 Å². The molecule has 2 aliphatic rings. The van der Waals surface area contributed by atoms with Crippen molar-refractivity contribution in [2.45, 2.75) is 64.0 Å². The van der Waals surface area contributed by atoms with Gasteiger partial charge in [-0.25, -0.2) is 4.79 Å². The number of carbonyl (C=O) groups excluding carboxylic acids is 2. The molecule has 2 fully saturated rings. The average Bonchev–Trinajstić information content (AvgIpc) is 3.10. The van der Waals surface area contributed by atoms with Gasteiger partial charge in [0.1, 0.15) is 0 Å². The second-order valence-electron chi connectivity index (χ2n) is 7.36. The van der Waals surface area contributed by atoms with Crippen molar-refractivity contribution in [2.24, 2.45) is 0 Å². The molecular formula is C20H29N3O2. The first-order valence-corrected chi connectivity index (χ1v) is 9.51. The summed E-state index contributed by atoms with van der Waals surface area (Å²) >= 11 is 0. The monoisotopic (exact) mass is 343 g/mol. The summed E-state index contributed by atoms with van der Waals surface area (Å²) in [6.07, 6.45) is 6.75. The van der Waals surface area contributed by atoms with Crippen molar-refractivity contribution in [1.29, 1.82) is 0 Å². The molecule has 1 aromatic rings. The van der Waals surface area contributed by atoms with Gasteiger partial charge in [-0.3, -0.25) is 4.79 Å². The highest BCUT2D eigenvalue weighted by molar-refractivity contribution is 5.79. The van der Waals surface area contributed by atoms with Crippen LogP contribution in [0.2, 0.25) is 0 Å². The van der Waals surface area contributed by atoms with Crippen molar-refractivity contribution in [3.05, 3.63) is 35.4 Å². The van der Waals surface area contributed by atoms with Crippen LogP contribution in [-0.2, 0) is 11.2 Å². The van der Waals surface area contributed by atoms with Crippen LogP contribution in [0, 0.1) is 6.92 Å². The smallest absolute Gasteiger partial charge is 0.317 e. The van der Waals surface area contributed by atoms with E-state index in [-0.39, 0.29) is 18.0 Å². The van der Waals surface area contributed by atoms with E-state index in [1.54, 1.807) is 0 Å². The van der Waals surface area contributed by atoms with E-state index in [1.807, 2.05) is 36.1 Å². The van der Waals surface area contributed by atoms with E-state index in [1.165, 1.54) is 12.8 Å². The van der Waals surface area contributed by atoms with E-state index in [4.69, 9.17) is 0 Å². The Kier molecular flexibility index (Phi) is 5.95. The zero-order chi connectivity index (χ0) is 17.6. The minimum atomic E-state index is 0.0663. The van der Waals surface area contributed by atoms with E-state index in [0.29, 0.717) is 25.6 Å². The molecule has 0 bridgehead atoms. The van der Waals surface area contributed by atoms with Crippen LogP contribution < -0.4 is 10.6 Å². The van der Waals surface area contributed by atoms with E-state index in [0.717, 1.165) is 36.8 Å². The van der Waals surface area contributed by atoms with Crippen LogP contribution in [0.1, 0.15) is 49.7 Å². The minimum Gasteiger partial charge on any atom is -0.353 e. The first-order valence-electron chi connectivity index (χ1n) is 9.51. The summed E-state index contributed by atoms with van der Waals surface area (Å²) in [4.78, 5) is 26.5. The first-order chi connectivity index (χ1) is 12.1. The first kappa shape index (κ1) is 17.8. The Hall–Kier alpha value is -2.04. The van der Waals surface area contributed by atoms with Gasteiger partial charge in [-0.15, -0.1) is 0 Å². The van der Waals surface area contributed by atoms with Crippen LogP contribution in [-0.4, -0.2) is 42.0 Å². The normalized spacial score (nSPS) is 19.0. The number of hydrogen-bond donors (Lipinski definition) is 2. The fraction of sp³-hybridized carbons (Fsp3) is 0.600. The maximum atomic E-state index is 12.3. The van der Waals surface area contributed by atoms with Gasteiger partial charge in [0.25, 0.3) is 0 Å². The summed E-state index contributed by atoms with van der Waals surface area (Å²) in [5.41, 5.74) is 2.23. The number of nitrogens with one attached hydrogen (secondary N) is 2. The van der Waals surface area contributed by atoms with E-state index >= 15 is 0 Å². The highest BCUT2D eigenvalue weighted by Crippen LogP contribution is 2.18.